The first kappa shape index (κ1) is 11.4. The van der Waals surface area contributed by atoms with E-state index in [1.807, 2.05) is 18.3 Å². The summed E-state index contributed by atoms with van der Waals surface area (Å²) in [5.41, 5.74) is 7.11. The highest BCUT2D eigenvalue weighted by molar-refractivity contribution is 5.26. The van der Waals surface area contributed by atoms with Gasteiger partial charge in [-0.15, -0.1) is 0 Å². The molecule has 0 aromatic carbocycles. The predicted octanol–water partition coefficient (Wildman–Crippen LogP) is 2.25. The van der Waals surface area contributed by atoms with Crippen LogP contribution in [-0.4, -0.2) is 17.1 Å². The second-order valence-corrected chi connectivity index (χ2v) is 5.60. The van der Waals surface area contributed by atoms with Crippen LogP contribution in [0.1, 0.15) is 39.2 Å². The van der Waals surface area contributed by atoms with Crippen LogP contribution in [0.3, 0.4) is 0 Å². The molecule has 3 heteroatoms. The van der Waals surface area contributed by atoms with Crippen molar-refractivity contribution in [1.82, 2.24) is 4.98 Å². The average Bonchev–Trinajstić information content (AvgIpc) is 2.14. The van der Waals surface area contributed by atoms with Crippen LogP contribution >= 0.6 is 0 Å². The van der Waals surface area contributed by atoms with Crippen LogP contribution in [0, 0.1) is 0 Å². The Bertz CT molecular complexity index is 364. The number of hydrogen-bond acceptors (Lipinski definition) is 3. The minimum atomic E-state index is 0.136. The quantitative estimate of drug-likeness (QED) is 0.831. The number of rotatable bonds is 2. The first-order chi connectivity index (χ1) is 7.45. The molecule has 1 aliphatic carbocycles. The van der Waals surface area contributed by atoms with Crippen LogP contribution < -0.4 is 10.5 Å². The van der Waals surface area contributed by atoms with Crippen LogP contribution in [-0.2, 0) is 5.41 Å². The summed E-state index contributed by atoms with van der Waals surface area (Å²) in [5, 5.41) is 0. The van der Waals surface area contributed by atoms with E-state index in [-0.39, 0.29) is 11.5 Å². The molecule has 16 heavy (non-hydrogen) atoms. The molecule has 0 aliphatic heterocycles. The molecule has 0 spiro atoms. The third kappa shape index (κ3) is 2.53. The number of hydrogen-bond donors (Lipinski definition) is 1. The minimum Gasteiger partial charge on any atom is -0.474 e. The molecular formula is C13H20N2O. The third-order valence-corrected chi connectivity index (χ3v) is 3.02. The molecule has 1 heterocycles. The van der Waals surface area contributed by atoms with Gasteiger partial charge in [0, 0.05) is 18.3 Å². The van der Waals surface area contributed by atoms with Gasteiger partial charge in [-0.2, -0.15) is 0 Å². The molecule has 0 amide bonds. The Hall–Kier alpha value is -1.09. The van der Waals surface area contributed by atoms with Crippen molar-refractivity contribution in [2.24, 2.45) is 5.73 Å². The van der Waals surface area contributed by atoms with Gasteiger partial charge in [0.1, 0.15) is 6.10 Å². The Morgan fingerprint density at radius 2 is 2.06 bits per heavy atom. The Morgan fingerprint density at radius 1 is 1.38 bits per heavy atom. The van der Waals surface area contributed by atoms with Gasteiger partial charge in [-0.3, -0.25) is 0 Å². The molecular weight excluding hydrogens is 200 g/mol. The summed E-state index contributed by atoms with van der Waals surface area (Å²) in [6, 6.07) is 4.39. The molecule has 2 rings (SSSR count). The maximum Gasteiger partial charge on any atom is 0.213 e. The van der Waals surface area contributed by atoms with Crippen molar-refractivity contribution in [2.45, 2.75) is 51.2 Å². The Balaban J connectivity index is 2.05. The molecule has 0 unspecified atom stereocenters. The number of aromatic nitrogens is 1. The fourth-order valence-electron chi connectivity index (χ4n) is 1.81. The van der Waals surface area contributed by atoms with Crippen molar-refractivity contribution in [3.63, 3.8) is 0 Å². The van der Waals surface area contributed by atoms with Crippen molar-refractivity contribution in [1.29, 1.82) is 0 Å². The van der Waals surface area contributed by atoms with Gasteiger partial charge < -0.3 is 10.5 Å². The number of pyridine rings is 1. The van der Waals surface area contributed by atoms with Crippen LogP contribution in [0.5, 0.6) is 5.88 Å². The zero-order chi connectivity index (χ0) is 11.8. The molecule has 0 bridgehead atoms. The highest BCUT2D eigenvalue weighted by Crippen LogP contribution is 2.27. The molecule has 0 radical (unpaired) electrons. The molecule has 1 aliphatic rings. The molecule has 0 atom stereocenters. The lowest BCUT2D eigenvalue weighted by atomic mass is 9.88. The second kappa shape index (κ2) is 4.06. The van der Waals surface area contributed by atoms with Crippen LogP contribution in [0.4, 0.5) is 0 Å². The van der Waals surface area contributed by atoms with Gasteiger partial charge in [0.15, 0.2) is 0 Å². The molecule has 1 saturated carbocycles. The number of ether oxygens (including phenoxy) is 1. The fraction of sp³-hybridized carbons (Fsp3) is 0.615. The van der Waals surface area contributed by atoms with E-state index in [9.17, 15) is 0 Å². The first-order valence-corrected chi connectivity index (χ1v) is 5.84. The molecule has 0 saturated heterocycles. The smallest absolute Gasteiger partial charge is 0.213 e. The summed E-state index contributed by atoms with van der Waals surface area (Å²) in [6.07, 6.45) is 3.97. The Morgan fingerprint density at radius 3 is 2.62 bits per heavy atom. The third-order valence-electron chi connectivity index (χ3n) is 3.02. The lowest BCUT2D eigenvalue weighted by Crippen LogP contribution is -2.43. The SMILES string of the molecule is CC(C)(C)c1ccnc(O[C@H]2C[C@H](N)C2)c1. The van der Waals surface area contributed by atoms with Gasteiger partial charge in [-0.25, -0.2) is 4.98 Å². The topological polar surface area (TPSA) is 48.1 Å². The summed E-state index contributed by atoms with van der Waals surface area (Å²) >= 11 is 0. The van der Waals surface area contributed by atoms with Crippen LogP contribution in [0.2, 0.25) is 0 Å². The average molecular weight is 220 g/mol. The Labute approximate surface area is 97.0 Å². The molecule has 1 aromatic rings. The predicted molar refractivity (Wildman–Crippen MR) is 64.6 cm³/mol. The number of nitrogens with two attached hydrogens (primary N) is 1. The van der Waals surface area contributed by atoms with Gasteiger partial charge in [-0.05, 0) is 29.9 Å². The van der Waals surface area contributed by atoms with E-state index in [1.54, 1.807) is 0 Å². The highest BCUT2D eigenvalue weighted by Gasteiger charge is 2.28. The van der Waals surface area contributed by atoms with E-state index in [4.69, 9.17) is 10.5 Å². The van der Waals surface area contributed by atoms with Crippen LogP contribution in [0.25, 0.3) is 0 Å². The van der Waals surface area contributed by atoms with Gasteiger partial charge in [0.2, 0.25) is 5.88 Å². The molecule has 1 aromatic heterocycles. The highest BCUT2D eigenvalue weighted by atomic mass is 16.5. The van der Waals surface area contributed by atoms with Gasteiger partial charge in [-0.1, -0.05) is 20.8 Å². The number of nitrogens with zero attached hydrogens (tertiary/aromatic N) is 1. The van der Waals surface area contributed by atoms with Crippen molar-refractivity contribution >= 4 is 0 Å². The summed E-state index contributed by atoms with van der Waals surface area (Å²) < 4.78 is 5.77. The van der Waals surface area contributed by atoms with E-state index in [0.29, 0.717) is 6.04 Å². The van der Waals surface area contributed by atoms with Crippen molar-refractivity contribution < 1.29 is 4.74 Å². The molecule has 88 valence electrons. The molecule has 2 N–H and O–H groups in total. The lowest BCUT2D eigenvalue weighted by Gasteiger charge is -2.32. The minimum absolute atomic E-state index is 0.136. The van der Waals surface area contributed by atoms with Gasteiger partial charge in [0.25, 0.3) is 0 Å². The zero-order valence-electron chi connectivity index (χ0n) is 10.2. The van der Waals surface area contributed by atoms with E-state index in [0.717, 1.165) is 18.7 Å². The summed E-state index contributed by atoms with van der Waals surface area (Å²) in [6.45, 7) is 6.56. The first-order valence-electron chi connectivity index (χ1n) is 5.84. The summed E-state index contributed by atoms with van der Waals surface area (Å²) in [4.78, 5) is 4.24. The van der Waals surface area contributed by atoms with Crippen LogP contribution in [0.15, 0.2) is 18.3 Å². The van der Waals surface area contributed by atoms with E-state index < -0.39 is 0 Å². The van der Waals surface area contributed by atoms with E-state index >= 15 is 0 Å². The van der Waals surface area contributed by atoms with Gasteiger partial charge >= 0.3 is 0 Å². The molecule has 3 nitrogen and oxygen atoms in total. The van der Waals surface area contributed by atoms with Crippen molar-refractivity contribution in [3.05, 3.63) is 23.9 Å². The molecule has 1 fully saturated rings. The van der Waals surface area contributed by atoms with Crippen molar-refractivity contribution in [3.8, 4) is 5.88 Å². The summed E-state index contributed by atoms with van der Waals surface area (Å²) in [7, 11) is 0. The van der Waals surface area contributed by atoms with Crippen molar-refractivity contribution in [2.75, 3.05) is 0 Å². The standard InChI is InChI=1S/C13H20N2O/c1-13(2,3)9-4-5-15-12(6-9)16-11-7-10(14)8-11/h4-6,10-11H,7-8,14H2,1-3H3/t10-,11-. The largest absolute Gasteiger partial charge is 0.474 e. The van der Waals surface area contributed by atoms with E-state index in [1.165, 1.54) is 5.56 Å². The maximum atomic E-state index is 5.77. The van der Waals surface area contributed by atoms with E-state index in [2.05, 4.69) is 25.8 Å². The summed E-state index contributed by atoms with van der Waals surface area (Å²) in [5.74, 6) is 0.726. The van der Waals surface area contributed by atoms with Gasteiger partial charge in [0.05, 0.1) is 0 Å². The second-order valence-electron chi connectivity index (χ2n) is 5.60. The Kier molecular flexibility index (Phi) is 2.89. The monoisotopic (exact) mass is 220 g/mol. The zero-order valence-corrected chi connectivity index (χ0v) is 10.2. The fourth-order valence-corrected chi connectivity index (χ4v) is 1.81. The maximum absolute atomic E-state index is 5.77. The lowest BCUT2D eigenvalue weighted by molar-refractivity contribution is 0.0956. The normalized spacial score (nSPS) is 25.0.